The molecule has 2 rings (SSSR count). The van der Waals surface area contributed by atoms with E-state index in [9.17, 15) is 9.18 Å². The van der Waals surface area contributed by atoms with Gasteiger partial charge in [0.05, 0.1) is 0 Å². The van der Waals surface area contributed by atoms with Gasteiger partial charge < -0.3 is 10.1 Å². The third-order valence-corrected chi connectivity index (χ3v) is 3.65. The number of benzene rings is 2. The SMILES string of the molecule is Cc1ccc(CNC(=O)[C@H](C)Oc2ccc(Br)cc2F)cc1. The first-order chi connectivity index (χ1) is 10.5. The van der Waals surface area contributed by atoms with Gasteiger partial charge in [0.25, 0.3) is 5.91 Å². The summed E-state index contributed by atoms with van der Waals surface area (Å²) in [5.74, 6) is -0.739. The number of ether oxygens (including phenoxy) is 1. The van der Waals surface area contributed by atoms with Gasteiger partial charge >= 0.3 is 0 Å². The summed E-state index contributed by atoms with van der Waals surface area (Å²) in [4.78, 5) is 12.0. The van der Waals surface area contributed by atoms with Gasteiger partial charge in [-0.2, -0.15) is 0 Å². The largest absolute Gasteiger partial charge is 0.478 e. The smallest absolute Gasteiger partial charge is 0.261 e. The van der Waals surface area contributed by atoms with E-state index in [0.29, 0.717) is 11.0 Å². The number of rotatable bonds is 5. The number of hydrogen-bond acceptors (Lipinski definition) is 2. The number of amides is 1. The van der Waals surface area contributed by atoms with Gasteiger partial charge in [-0.3, -0.25) is 4.79 Å². The normalized spacial score (nSPS) is 11.8. The molecule has 0 aliphatic heterocycles. The van der Waals surface area contributed by atoms with E-state index < -0.39 is 11.9 Å². The van der Waals surface area contributed by atoms with Crippen LogP contribution < -0.4 is 10.1 Å². The number of halogens is 2. The van der Waals surface area contributed by atoms with Gasteiger partial charge in [-0.05, 0) is 37.6 Å². The average Bonchev–Trinajstić information content (AvgIpc) is 2.49. The van der Waals surface area contributed by atoms with Crippen LogP contribution >= 0.6 is 15.9 Å². The number of carbonyl (C=O) groups is 1. The van der Waals surface area contributed by atoms with E-state index in [-0.39, 0.29) is 11.7 Å². The fourth-order valence-electron chi connectivity index (χ4n) is 1.85. The summed E-state index contributed by atoms with van der Waals surface area (Å²) in [6, 6.07) is 12.3. The Labute approximate surface area is 137 Å². The van der Waals surface area contributed by atoms with Gasteiger partial charge in [0, 0.05) is 11.0 Å². The molecule has 1 N–H and O–H groups in total. The zero-order chi connectivity index (χ0) is 16.1. The topological polar surface area (TPSA) is 38.3 Å². The lowest BCUT2D eigenvalue weighted by Gasteiger charge is -2.15. The first-order valence-electron chi connectivity index (χ1n) is 6.90. The van der Waals surface area contributed by atoms with Crippen molar-refractivity contribution >= 4 is 21.8 Å². The second-order valence-electron chi connectivity index (χ2n) is 5.04. The van der Waals surface area contributed by atoms with Gasteiger partial charge in [-0.25, -0.2) is 4.39 Å². The minimum Gasteiger partial charge on any atom is -0.478 e. The summed E-state index contributed by atoms with van der Waals surface area (Å²) in [6.45, 7) is 4.01. The molecule has 5 heteroatoms. The van der Waals surface area contributed by atoms with Crippen molar-refractivity contribution in [2.75, 3.05) is 0 Å². The molecule has 2 aromatic rings. The predicted molar refractivity (Wildman–Crippen MR) is 87.2 cm³/mol. The highest BCUT2D eigenvalue weighted by Gasteiger charge is 2.16. The molecule has 0 unspecified atom stereocenters. The van der Waals surface area contributed by atoms with Crippen LogP contribution in [0.2, 0.25) is 0 Å². The molecular formula is C17H17BrFNO2. The maximum Gasteiger partial charge on any atom is 0.261 e. The Kier molecular flexibility index (Phi) is 5.55. The van der Waals surface area contributed by atoms with Crippen LogP contribution in [-0.2, 0) is 11.3 Å². The van der Waals surface area contributed by atoms with E-state index >= 15 is 0 Å². The maximum atomic E-state index is 13.7. The molecule has 0 bridgehead atoms. The van der Waals surface area contributed by atoms with E-state index in [0.717, 1.165) is 11.1 Å². The highest BCUT2D eigenvalue weighted by atomic mass is 79.9. The first kappa shape index (κ1) is 16.5. The van der Waals surface area contributed by atoms with Crippen molar-refractivity contribution in [3.05, 3.63) is 63.9 Å². The van der Waals surface area contributed by atoms with Gasteiger partial charge in [0.2, 0.25) is 0 Å². The summed E-state index contributed by atoms with van der Waals surface area (Å²) >= 11 is 3.17. The number of nitrogens with one attached hydrogen (secondary N) is 1. The standard InChI is InChI=1S/C17H17BrFNO2/c1-11-3-5-13(6-4-11)10-20-17(21)12(2)22-16-8-7-14(18)9-15(16)19/h3-9,12H,10H2,1-2H3,(H,20,21)/t12-/m0/s1. The van der Waals surface area contributed by atoms with E-state index in [1.165, 1.54) is 12.1 Å². The Hall–Kier alpha value is -1.88. The highest BCUT2D eigenvalue weighted by molar-refractivity contribution is 9.10. The number of carbonyl (C=O) groups excluding carboxylic acids is 1. The maximum absolute atomic E-state index is 13.7. The van der Waals surface area contributed by atoms with Crippen molar-refractivity contribution in [1.29, 1.82) is 0 Å². The van der Waals surface area contributed by atoms with Crippen molar-refractivity contribution in [2.24, 2.45) is 0 Å². The first-order valence-corrected chi connectivity index (χ1v) is 7.70. The summed E-state index contributed by atoms with van der Waals surface area (Å²) in [5, 5.41) is 2.77. The monoisotopic (exact) mass is 365 g/mol. The molecular weight excluding hydrogens is 349 g/mol. The van der Waals surface area contributed by atoms with Crippen LogP contribution in [0.1, 0.15) is 18.1 Å². The molecule has 116 valence electrons. The molecule has 0 aliphatic rings. The Balaban J connectivity index is 1.90. The Morgan fingerprint density at radius 2 is 1.95 bits per heavy atom. The van der Waals surface area contributed by atoms with Crippen LogP contribution in [0.4, 0.5) is 4.39 Å². The van der Waals surface area contributed by atoms with Crippen molar-refractivity contribution in [2.45, 2.75) is 26.5 Å². The quantitative estimate of drug-likeness (QED) is 0.869. The Bertz CT molecular complexity index is 658. The van der Waals surface area contributed by atoms with Crippen LogP contribution in [0.3, 0.4) is 0 Å². The molecule has 0 spiro atoms. The van der Waals surface area contributed by atoms with Crippen molar-refractivity contribution in [1.82, 2.24) is 5.32 Å². The van der Waals surface area contributed by atoms with Gasteiger partial charge in [-0.15, -0.1) is 0 Å². The summed E-state index contributed by atoms with van der Waals surface area (Å²) < 4.78 is 19.7. The predicted octanol–water partition coefficient (Wildman–Crippen LogP) is 3.98. The molecule has 2 aromatic carbocycles. The fourth-order valence-corrected chi connectivity index (χ4v) is 2.19. The zero-order valence-electron chi connectivity index (χ0n) is 12.4. The van der Waals surface area contributed by atoms with Gasteiger partial charge in [0.1, 0.15) is 0 Å². The second kappa shape index (κ2) is 7.40. The molecule has 0 saturated carbocycles. The van der Waals surface area contributed by atoms with Crippen LogP contribution in [0.15, 0.2) is 46.9 Å². The number of aryl methyl sites for hydroxylation is 1. The summed E-state index contributed by atoms with van der Waals surface area (Å²) in [5.41, 5.74) is 2.17. The molecule has 1 atom stereocenters. The Morgan fingerprint density at radius 1 is 1.27 bits per heavy atom. The van der Waals surface area contributed by atoms with Crippen LogP contribution in [0.5, 0.6) is 5.75 Å². The molecule has 0 aromatic heterocycles. The molecule has 0 radical (unpaired) electrons. The Morgan fingerprint density at radius 3 is 2.59 bits per heavy atom. The lowest BCUT2D eigenvalue weighted by molar-refractivity contribution is -0.127. The lowest BCUT2D eigenvalue weighted by atomic mass is 10.1. The molecule has 3 nitrogen and oxygen atoms in total. The third-order valence-electron chi connectivity index (χ3n) is 3.15. The van der Waals surface area contributed by atoms with Crippen molar-refractivity contribution < 1.29 is 13.9 Å². The third kappa shape index (κ3) is 4.56. The number of hydrogen-bond donors (Lipinski definition) is 1. The molecule has 0 aliphatic carbocycles. The minimum absolute atomic E-state index is 0.0567. The van der Waals surface area contributed by atoms with Gasteiger partial charge in [-0.1, -0.05) is 45.8 Å². The fraction of sp³-hybridized carbons (Fsp3) is 0.235. The van der Waals surface area contributed by atoms with Crippen molar-refractivity contribution in [3.63, 3.8) is 0 Å². The highest BCUT2D eigenvalue weighted by Crippen LogP contribution is 2.22. The van der Waals surface area contributed by atoms with Crippen LogP contribution in [-0.4, -0.2) is 12.0 Å². The van der Waals surface area contributed by atoms with E-state index in [1.807, 2.05) is 31.2 Å². The molecule has 0 heterocycles. The van der Waals surface area contributed by atoms with Crippen LogP contribution in [0, 0.1) is 12.7 Å². The lowest BCUT2D eigenvalue weighted by Crippen LogP contribution is -2.36. The van der Waals surface area contributed by atoms with E-state index in [2.05, 4.69) is 21.2 Å². The molecule has 22 heavy (non-hydrogen) atoms. The zero-order valence-corrected chi connectivity index (χ0v) is 14.0. The van der Waals surface area contributed by atoms with E-state index in [4.69, 9.17) is 4.74 Å². The van der Waals surface area contributed by atoms with Crippen molar-refractivity contribution in [3.8, 4) is 5.75 Å². The minimum atomic E-state index is -0.777. The second-order valence-corrected chi connectivity index (χ2v) is 5.95. The average molecular weight is 366 g/mol. The molecule has 0 saturated heterocycles. The van der Waals surface area contributed by atoms with Crippen LogP contribution in [0.25, 0.3) is 0 Å². The molecule has 0 fully saturated rings. The van der Waals surface area contributed by atoms with Gasteiger partial charge in [0.15, 0.2) is 17.7 Å². The summed E-state index contributed by atoms with van der Waals surface area (Å²) in [7, 11) is 0. The van der Waals surface area contributed by atoms with E-state index in [1.54, 1.807) is 13.0 Å². The summed E-state index contributed by atoms with van der Waals surface area (Å²) in [6.07, 6.45) is -0.777. The molecule has 1 amide bonds.